The molecule has 2 fully saturated rings. The average Bonchev–Trinajstić information content (AvgIpc) is 2.10. The molecule has 0 saturated carbocycles. The lowest BCUT2D eigenvalue weighted by Gasteiger charge is -2.46. The summed E-state index contributed by atoms with van der Waals surface area (Å²) in [5, 5.41) is 0. The van der Waals surface area contributed by atoms with Gasteiger partial charge < -0.3 is 9.71 Å². The van der Waals surface area contributed by atoms with Gasteiger partial charge in [-0.15, -0.1) is 0 Å². The Kier molecular flexibility index (Phi) is 1.33. The van der Waals surface area contributed by atoms with E-state index in [1.54, 1.807) is 0 Å². The van der Waals surface area contributed by atoms with Crippen molar-refractivity contribution >= 4 is 7.98 Å². The number of rotatable bonds is 0. The van der Waals surface area contributed by atoms with Gasteiger partial charge in [0.25, 0.3) is 0 Å². The number of nitrogens with zero attached hydrogens (tertiary/aromatic N) is 2. The van der Waals surface area contributed by atoms with Crippen LogP contribution >= 0.6 is 0 Å². The Hall–Kier alpha value is -0.0151. The summed E-state index contributed by atoms with van der Waals surface area (Å²) in [6, 6.07) is 0. The van der Waals surface area contributed by atoms with Crippen molar-refractivity contribution in [3.63, 3.8) is 0 Å². The lowest BCUT2D eigenvalue weighted by Crippen LogP contribution is -2.55. The highest BCUT2D eigenvalue weighted by Gasteiger charge is 2.44. The fourth-order valence-corrected chi connectivity index (χ4v) is 2.52. The molecule has 2 heterocycles. The molecule has 0 aromatic carbocycles. The fraction of sp³-hybridized carbons (Fsp3) is 1.00. The van der Waals surface area contributed by atoms with E-state index < -0.39 is 0 Å². The first-order valence-corrected chi connectivity index (χ1v) is 4.07. The molecule has 0 radical (unpaired) electrons. The van der Waals surface area contributed by atoms with Crippen molar-refractivity contribution in [1.82, 2.24) is 9.71 Å². The highest BCUT2D eigenvalue weighted by Crippen LogP contribution is 2.37. The topological polar surface area (TPSA) is 6.48 Å². The van der Waals surface area contributed by atoms with E-state index in [4.69, 9.17) is 0 Å². The van der Waals surface area contributed by atoms with Gasteiger partial charge in [0.2, 0.25) is 0 Å². The third kappa shape index (κ3) is 0.885. The first-order chi connectivity index (χ1) is 4.70. The van der Waals surface area contributed by atoms with Crippen molar-refractivity contribution in [3.8, 4) is 0 Å². The molecule has 2 aliphatic rings. The van der Waals surface area contributed by atoms with Gasteiger partial charge in [0, 0.05) is 18.5 Å². The molecule has 0 aliphatic carbocycles. The Morgan fingerprint density at radius 2 is 2.00 bits per heavy atom. The molecular weight excluding hydrogens is 123 g/mol. The highest BCUT2D eigenvalue weighted by molar-refractivity contribution is 6.04. The van der Waals surface area contributed by atoms with E-state index in [-0.39, 0.29) is 0 Å². The average molecular weight is 138 g/mol. The quantitative estimate of drug-likeness (QED) is 0.403. The lowest BCUT2D eigenvalue weighted by molar-refractivity contribution is 0.0364. The first kappa shape index (κ1) is 6.68. The van der Waals surface area contributed by atoms with Crippen molar-refractivity contribution in [2.75, 3.05) is 33.2 Å². The molecule has 2 rings (SSSR count). The Morgan fingerprint density at radius 3 is 2.40 bits per heavy atom. The van der Waals surface area contributed by atoms with Gasteiger partial charge in [-0.1, -0.05) is 0 Å². The smallest absolute Gasteiger partial charge is 0.185 e. The Bertz CT molecular complexity index is 137. The maximum Gasteiger partial charge on any atom is 0.185 e. The van der Waals surface area contributed by atoms with Crippen molar-refractivity contribution in [2.24, 2.45) is 5.41 Å². The Labute approximate surface area is 63.6 Å². The first-order valence-electron chi connectivity index (χ1n) is 4.07. The van der Waals surface area contributed by atoms with Gasteiger partial charge in [-0.25, -0.2) is 0 Å². The van der Waals surface area contributed by atoms with Crippen LogP contribution in [0.3, 0.4) is 0 Å². The van der Waals surface area contributed by atoms with Crippen LogP contribution in [-0.4, -0.2) is 50.9 Å². The van der Waals surface area contributed by atoms with Crippen LogP contribution < -0.4 is 0 Å². The Balaban J connectivity index is 1.95. The minimum atomic E-state index is 0.712. The molecule has 0 amide bonds. The normalized spacial score (nSPS) is 32.9. The van der Waals surface area contributed by atoms with Gasteiger partial charge in [0.1, 0.15) is 0 Å². The van der Waals surface area contributed by atoms with Crippen molar-refractivity contribution in [2.45, 2.75) is 6.42 Å². The predicted molar refractivity (Wildman–Crippen MR) is 44.7 cm³/mol. The molecule has 2 nitrogen and oxygen atoms in total. The second kappa shape index (κ2) is 1.99. The van der Waals surface area contributed by atoms with E-state index in [1.807, 2.05) is 0 Å². The molecule has 1 spiro atoms. The summed E-state index contributed by atoms with van der Waals surface area (Å²) in [7, 11) is 4.44. The molecule has 0 unspecified atom stereocenters. The van der Waals surface area contributed by atoms with Gasteiger partial charge >= 0.3 is 0 Å². The van der Waals surface area contributed by atoms with Gasteiger partial charge in [-0.05, 0) is 26.6 Å². The molecule has 0 atom stereocenters. The molecule has 0 aromatic heterocycles. The summed E-state index contributed by atoms with van der Waals surface area (Å²) in [4.78, 5) is 4.87. The molecule has 56 valence electrons. The summed E-state index contributed by atoms with van der Waals surface area (Å²) in [5.41, 5.74) is 0.712. The summed E-state index contributed by atoms with van der Waals surface area (Å²) in [5.74, 6) is 0. The fourth-order valence-electron chi connectivity index (χ4n) is 2.52. The minimum Gasteiger partial charge on any atom is -0.348 e. The maximum atomic E-state index is 2.45. The summed E-state index contributed by atoms with van der Waals surface area (Å²) in [6.07, 6.45) is 1.42. The van der Waals surface area contributed by atoms with Gasteiger partial charge in [-0.2, -0.15) is 0 Å². The molecule has 10 heavy (non-hydrogen) atoms. The molecule has 2 aliphatic heterocycles. The zero-order chi connectivity index (χ0) is 7.19. The molecule has 2 saturated heterocycles. The van der Waals surface area contributed by atoms with E-state index in [2.05, 4.69) is 24.7 Å². The van der Waals surface area contributed by atoms with Crippen LogP contribution in [0.4, 0.5) is 0 Å². The van der Waals surface area contributed by atoms with Crippen LogP contribution in [0.2, 0.25) is 0 Å². The third-order valence-corrected chi connectivity index (χ3v) is 2.84. The molecule has 0 bridgehead atoms. The summed E-state index contributed by atoms with van der Waals surface area (Å²) >= 11 is 0. The van der Waals surface area contributed by atoms with E-state index >= 15 is 0 Å². The van der Waals surface area contributed by atoms with Crippen LogP contribution in [0.1, 0.15) is 6.42 Å². The monoisotopic (exact) mass is 138 g/mol. The predicted octanol–water partition coefficient (Wildman–Crippen LogP) is -0.828. The van der Waals surface area contributed by atoms with Crippen LogP contribution in [0, 0.1) is 5.41 Å². The minimum absolute atomic E-state index is 0.712. The van der Waals surface area contributed by atoms with Gasteiger partial charge in [-0.3, -0.25) is 0 Å². The third-order valence-electron chi connectivity index (χ3n) is 2.84. The number of likely N-dealkylation sites (tertiary alicyclic amines) is 1. The van der Waals surface area contributed by atoms with E-state index in [0.717, 1.165) is 0 Å². The van der Waals surface area contributed by atoms with Crippen molar-refractivity contribution in [3.05, 3.63) is 0 Å². The van der Waals surface area contributed by atoms with Crippen molar-refractivity contribution in [1.29, 1.82) is 0 Å². The summed E-state index contributed by atoms with van der Waals surface area (Å²) < 4.78 is 0. The molecular formula is C7H15BN2. The van der Waals surface area contributed by atoms with Crippen LogP contribution in [0.25, 0.3) is 0 Å². The lowest BCUT2D eigenvalue weighted by atomic mass is 9.79. The summed E-state index contributed by atoms with van der Waals surface area (Å²) in [6.45, 7) is 5.31. The van der Waals surface area contributed by atoms with Crippen LogP contribution in [-0.2, 0) is 0 Å². The second-order valence-electron chi connectivity index (χ2n) is 4.16. The zero-order valence-corrected chi connectivity index (χ0v) is 6.93. The van der Waals surface area contributed by atoms with Crippen LogP contribution in [0.5, 0.6) is 0 Å². The standard InChI is InChI=1S/C7H15BN2/c1-9-4-7(5-9)2-3-10(8)6-7/h2-6,8H2,1H3. The largest absolute Gasteiger partial charge is 0.348 e. The van der Waals surface area contributed by atoms with Gasteiger partial charge in [0.05, 0.1) is 0 Å². The maximum absolute atomic E-state index is 2.45. The SMILES string of the molecule is BN1CCC2(C1)CN(C)C2. The molecule has 0 N–H and O–H groups in total. The van der Waals surface area contributed by atoms with E-state index in [1.165, 1.54) is 32.6 Å². The second-order valence-corrected chi connectivity index (χ2v) is 4.16. The number of hydrogen-bond acceptors (Lipinski definition) is 2. The van der Waals surface area contributed by atoms with E-state index in [9.17, 15) is 0 Å². The van der Waals surface area contributed by atoms with E-state index in [0.29, 0.717) is 5.41 Å². The van der Waals surface area contributed by atoms with Crippen molar-refractivity contribution < 1.29 is 0 Å². The van der Waals surface area contributed by atoms with Gasteiger partial charge in [0.15, 0.2) is 7.98 Å². The zero-order valence-electron chi connectivity index (χ0n) is 6.93. The Morgan fingerprint density at radius 1 is 1.30 bits per heavy atom. The number of hydrogen-bond donors (Lipinski definition) is 0. The molecule has 0 aromatic rings. The highest BCUT2D eigenvalue weighted by atomic mass is 15.2. The molecule has 3 heteroatoms. The van der Waals surface area contributed by atoms with Crippen LogP contribution in [0.15, 0.2) is 0 Å².